The third-order valence-corrected chi connectivity index (χ3v) is 5.30. The van der Waals surface area contributed by atoms with Crippen molar-refractivity contribution in [1.29, 1.82) is 5.26 Å². The van der Waals surface area contributed by atoms with Gasteiger partial charge in [-0.3, -0.25) is 4.79 Å². The van der Waals surface area contributed by atoms with Crippen LogP contribution in [0.1, 0.15) is 53.4 Å². The number of benzene rings is 1. The van der Waals surface area contributed by atoms with E-state index < -0.39 is 23.6 Å². The second-order valence-electron chi connectivity index (χ2n) is 8.00. The molecule has 0 saturated carbocycles. The molecule has 0 aliphatic heterocycles. The van der Waals surface area contributed by atoms with E-state index in [4.69, 9.17) is 9.40 Å². The van der Waals surface area contributed by atoms with E-state index in [0.29, 0.717) is 34.3 Å². The molecular weight excluding hydrogens is 428 g/mol. The Hall–Kier alpha value is -4.06. The predicted molar refractivity (Wildman–Crippen MR) is 117 cm³/mol. The number of nitriles is 1. The van der Waals surface area contributed by atoms with E-state index in [1.54, 1.807) is 17.7 Å². The second-order valence-corrected chi connectivity index (χ2v) is 8.00. The fourth-order valence-corrected chi connectivity index (χ4v) is 3.73. The van der Waals surface area contributed by atoms with Crippen LogP contribution in [-0.2, 0) is 0 Å². The van der Waals surface area contributed by atoms with Gasteiger partial charge >= 0.3 is 0 Å². The summed E-state index contributed by atoms with van der Waals surface area (Å²) in [6.45, 7) is 7.50. The standard InChI is InChI=1S/C24H21F2N5O2/c1-12(2)31-23-19(11-28-31)18(9-21(29-23)17-7-13(3)33-14(17)4)24(32)30-22(10-27)16-6-5-15(25)8-20(16)26/h5-9,11-12,22H,1-4H3,(H,30,32). The summed E-state index contributed by atoms with van der Waals surface area (Å²) >= 11 is 0. The summed E-state index contributed by atoms with van der Waals surface area (Å²) in [5.74, 6) is -0.958. The molecule has 0 bridgehead atoms. The molecule has 4 rings (SSSR count). The Balaban J connectivity index is 1.82. The van der Waals surface area contributed by atoms with Crippen molar-refractivity contribution < 1.29 is 18.0 Å². The van der Waals surface area contributed by atoms with Crippen LogP contribution in [0.25, 0.3) is 22.3 Å². The highest BCUT2D eigenvalue weighted by atomic mass is 19.1. The summed E-state index contributed by atoms with van der Waals surface area (Å²) in [7, 11) is 0. The predicted octanol–water partition coefficient (Wildman–Crippen LogP) is 5.16. The van der Waals surface area contributed by atoms with E-state index in [0.717, 1.165) is 17.7 Å². The monoisotopic (exact) mass is 449 g/mol. The SMILES string of the molecule is Cc1cc(-c2cc(C(=O)NC(C#N)c3ccc(F)cc3F)c3cnn(C(C)C)c3n2)c(C)o1. The number of aromatic nitrogens is 3. The van der Waals surface area contributed by atoms with Crippen molar-refractivity contribution in [3.8, 4) is 17.3 Å². The van der Waals surface area contributed by atoms with E-state index in [-0.39, 0.29) is 17.2 Å². The normalized spacial score (nSPS) is 12.2. The quantitative estimate of drug-likeness (QED) is 0.454. The molecule has 0 saturated heterocycles. The number of amides is 1. The van der Waals surface area contributed by atoms with Crippen molar-refractivity contribution in [3.63, 3.8) is 0 Å². The number of aryl methyl sites for hydroxylation is 2. The molecule has 0 aliphatic carbocycles. The molecule has 3 heterocycles. The van der Waals surface area contributed by atoms with E-state index in [9.17, 15) is 18.8 Å². The molecule has 0 spiro atoms. The summed E-state index contributed by atoms with van der Waals surface area (Å²) in [5.41, 5.74) is 1.82. The Morgan fingerprint density at radius 3 is 2.58 bits per heavy atom. The highest BCUT2D eigenvalue weighted by Crippen LogP contribution is 2.30. The largest absolute Gasteiger partial charge is 0.466 e. The van der Waals surface area contributed by atoms with Crippen molar-refractivity contribution >= 4 is 16.9 Å². The topological polar surface area (TPSA) is 96.7 Å². The van der Waals surface area contributed by atoms with Crippen LogP contribution in [0.5, 0.6) is 0 Å². The minimum atomic E-state index is -1.32. The highest BCUT2D eigenvalue weighted by molar-refractivity contribution is 6.06. The third-order valence-electron chi connectivity index (χ3n) is 5.30. The molecule has 1 aromatic carbocycles. The third kappa shape index (κ3) is 4.07. The number of rotatable bonds is 5. The van der Waals surface area contributed by atoms with Gasteiger partial charge in [-0.15, -0.1) is 0 Å². The molecule has 0 radical (unpaired) electrons. The van der Waals surface area contributed by atoms with Crippen LogP contribution in [0.3, 0.4) is 0 Å². The number of hydrogen-bond acceptors (Lipinski definition) is 5. The first-order chi connectivity index (χ1) is 15.7. The van der Waals surface area contributed by atoms with Gasteiger partial charge in [0.1, 0.15) is 29.2 Å². The maximum absolute atomic E-state index is 14.2. The zero-order valence-electron chi connectivity index (χ0n) is 18.5. The van der Waals surface area contributed by atoms with Gasteiger partial charge in [-0.25, -0.2) is 18.4 Å². The number of fused-ring (bicyclic) bond motifs is 1. The van der Waals surface area contributed by atoms with Gasteiger partial charge in [0.2, 0.25) is 0 Å². The van der Waals surface area contributed by atoms with Crippen LogP contribution in [0.4, 0.5) is 8.78 Å². The average molecular weight is 449 g/mol. The summed E-state index contributed by atoms with van der Waals surface area (Å²) in [6.07, 6.45) is 1.54. The van der Waals surface area contributed by atoms with Crippen LogP contribution >= 0.6 is 0 Å². The Bertz CT molecular complexity index is 1410. The number of carbonyl (C=O) groups excluding carboxylic acids is 1. The van der Waals surface area contributed by atoms with Gasteiger partial charge in [0.25, 0.3) is 5.91 Å². The smallest absolute Gasteiger partial charge is 0.253 e. The van der Waals surface area contributed by atoms with E-state index in [1.165, 1.54) is 6.20 Å². The number of furan rings is 1. The fourth-order valence-electron chi connectivity index (χ4n) is 3.73. The number of pyridine rings is 1. The van der Waals surface area contributed by atoms with E-state index in [2.05, 4.69) is 10.4 Å². The fraction of sp³-hybridized carbons (Fsp3) is 0.250. The number of nitrogens with zero attached hydrogens (tertiary/aromatic N) is 4. The number of nitrogens with one attached hydrogen (secondary N) is 1. The molecule has 0 aliphatic rings. The zero-order valence-corrected chi connectivity index (χ0v) is 18.5. The first-order valence-electron chi connectivity index (χ1n) is 10.3. The summed E-state index contributed by atoms with van der Waals surface area (Å²) < 4.78 is 34.9. The molecule has 1 atom stereocenters. The first kappa shape index (κ1) is 22.1. The zero-order chi connectivity index (χ0) is 23.9. The maximum Gasteiger partial charge on any atom is 0.253 e. The number of carbonyl (C=O) groups is 1. The highest BCUT2D eigenvalue weighted by Gasteiger charge is 2.24. The molecule has 7 nitrogen and oxygen atoms in total. The van der Waals surface area contributed by atoms with Crippen molar-refractivity contribution in [2.24, 2.45) is 0 Å². The molecule has 33 heavy (non-hydrogen) atoms. The van der Waals surface area contributed by atoms with Crippen molar-refractivity contribution in [3.05, 3.63) is 70.8 Å². The van der Waals surface area contributed by atoms with Crippen LogP contribution in [0.15, 0.2) is 40.9 Å². The van der Waals surface area contributed by atoms with Crippen molar-refractivity contribution in [2.75, 3.05) is 0 Å². The van der Waals surface area contributed by atoms with Crippen LogP contribution in [0.2, 0.25) is 0 Å². The Labute approximate surface area is 188 Å². The molecule has 1 N–H and O–H groups in total. The van der Waals surface area contributed by atoms with Gasteiger partial charge in [-0.1, -0.05) is 6.07 Å². The molecule has 0 fully saturated rings. The summed E-state index contributed by atoms with van der Waals surface area (Å²) in [5, 5.41) is 17.0. The number of hydrogen-bond donors (Lipinski definition) is 1. The number of halogens is 2. The van der Waals surface area contributed by atoms with E-state index >= 15 is 0 Å². The van der Waals surface area contributed by atoms with Crippen molar-refractivity contribution in [2.45, 2.75) is 39.8 Å². The lowest BCUT2D eigenvalue weighted by Gasteiger charge is -2.14. The minimum Gasteiger partial charge on any atom is -0.466 e. The van der Waals surface area contributed by atoms with Crippen LogP contribution in [-0.4, -0.2) is 20.7 Å². The second kappa shape index (κ2) is 8.47. The Morgan fingerprint density at radius 1 is 1.21 bits per heavy atom. The lowest BCUT2D eigenvalue weighted by atomic mass is 10.0. The van der Waals surface area contributed by atoms with Gasteiger partial charge in [-0.2, -0.15) is 10.4 Å². The van der Waals surface area contributed by atoms with Gasteiger partial charge in [-0.05, 0) is 45.9 Å². The summed E-state index contributed by atoms with van der Waals surface area (Å²) in [6, 6.07) is 6.80. The molecule has 1 unspecified atom stereocenters. The molecule has 9 heteroatoms. The average Bonchev–Trinajstić information content (AvgIpc) is 3.34. The molecule has 4 aromatic rings. The molecule has 1 amide bonds. The van der Waals surface area contributed by atoms with Crippen LogP contribution in [0, 0.1) is 36.8 Å². The van der Waals surface area contributed by atoms with Gasteiger partial charge in [0, 0.05) is 23.2 Å². The molecular formula is C24H21F2N5O2. The van der Waals surface area contributed by atoms with E-state index in [1.807, 2.05) is 32.9 Å². The lowest BCUT2D eigenvalue weighted by molar-refractivity contribution is 0.0946. The first-order valence-corrected chi connectivity index (χ1v) is 10.3. The van der Waals surface area contributed by atoms with Gasteiger partial charge < -0.3 is 9.73 Å². The maximum atomic E-state index is 14.2. The molecule has 3 aromatic heterocycles. The molecule has 168 valence electrons. The van der Waals surface area contributed by atoms with Gasteiger partial charge in [0.05, 0.1) is 28.9 Å². The van der Waals surface area contributed by atoms with Gasteiger partial charge in [0.15, 0.2) is 5.65 Å². The lowest BCUT2D eigenvalue weighted by Crippen LogP contribution is -2.28. The Kier molecular flexibility index (Phi) is 5.68. The van der Waals surface area contributed by atoms with Crippen LogP contribution < -0.4 is 5.32 Å². The minimum absolute atomic E-state index is 0.0199. The Morgan fingerprint density at radius 2 is 1.97 bits per heavy atom. The van der Waals surface area contributed by atoms with Crippen molar-refractivity contribution in [1.82, 2.24) is 20.1 Å². The summed E-state index contributed by atoms with van der Waals surface area (Å²) in [4.78, 5) is 18.0.